The van der Waals surface area contributed by atoms with Crippen molar-refractivity contribution in [3.8, 4) is 11.5 Å². The molecule has 0 spiro atoms. The van der Waals surface area contributed by atoms with Gasteiger partial charge in [0.25, 0.3) is 0 Å². The summed E-state index contributed by atoms with van der Waals surface area (Å²) in [4.78, 5) is 0. The average Bonchev–Trinajstić information content (AvgIpc) is 2.53. The van der Waals surface area contributed by atoms with E-state index in [0.29, 0.717) is 5.02 Å². The number of hydrogen-bond donors (Lipinski definition) is 2. The van der Waals surface area contributed by atoms with Gasteiger partial charge in [0.15, 0.2) is 0 Å². The number of phenolic OH excluding ortho intramolecular Hbond substituents is 2. The topological polar surface area (TPSA) is 40.5 Å². The maximum absolute atomic E-state index is 9.51. The molecule has 0 aliphatic heterocycles. The molecule has 0 heterocycles. The summed E-state index contributed by atoms with van der Waals surface area (Å²) in [6, 6.07) is 21.9. The number of halogens is 1. The van der Waals surface area contributed by atoms with Crippen LogP contribution in [0, 0.1) is 0 Å². The summed E-state index contributed by atoms with van der Waals surface area (Å²) < 4.78 is 0. The van der Waals surface area contributed by atoms with Gasteiger partial charge in [-0.15, -0.1) is 0 Å². The molecule has 22 heavy (non-hydrogen) atoms. The van der Waals surface area contributed by atoms with Crippen molar-refractivity contribution in [2.75, 3.05) is 0 Å². The fourth-order valence-corrected chi connectivity index (χ4v) is 2.84. The van der Waals surface area contributed by atoms with Gasteiger partial charge in [-0.25, -0.2) is 0 Å². The van der Waals surface area contributed by atoms with E-state index in [1.165, 1.54) is 0 Å². The quantitative estimate of drug-likeness (QED) is 0.673. The maximum Gasteiger partial charge on any atom is 0.115 e. The third-order valence-electron chi connectivity index (χ3n) is 3.67. The first-order valence-electron chi connectivity index (χ1n) is 6.97. The molecule has 0 aromatic heterocycles. The summed E-state index contributed by atoms with van der Waals surface area (Å²) in [6.45, 7) is 0. The molecule has 3 rings (SSSR count). The average molecular weight is 311 g/mol. The first-order valence-corrected chi connectivity index (χ1v) is 7.35. The molecular weight excluding hydrogens is 296 g/mol. The van der Waals surface area contributed by atoms with Crippen molar-refractivity contribution in [1.29, 1.82) is 0 Å². The van der Waals surface area contributed by atoms with Crippen molar-refractivity contribution < 1.29 is 10.2 Å². The minimum Gasteiger partial charge on any atom is -0.508 e. The molecule has 0 saturated carbocycles. The van der Waals surface area contributed by atoms with Crippen molar-refractivity contribution in [2.24, 2.45) is 0 Å². The van der Waals surface area contributed by atoms with Gasteiger partial charge in [-0.1, -0.05) is 54.1 Å². The van der Waals surface area contributed by atoms with Crippen LogP contribution in [0.3, 0.4) is 0 Å². The van der Waals surface area contributed by atoms with Crippen molar-refractivity contribution in [3.05, 3.63) is 94.5 Å². The molecule has 0 atom stereocenters. The Kier molecular flexibility index (Phi) is 4.03. The Hall–Kier alpha value is -2.45. The van der Waals surface area contributed by atoms with Gasteiger partial charge >= 0.3 is 0 Å². The van der Waals surface area contributed by atoms with Crippen molar-refractivity contribution >= 4 is 11.6 Å². The molecule has 2 nitrogen and oxygen atoms in total. The molecule has 110 valence electrons. The Bertz CT molecular complexity index is 719. The van der Waals surface area contributed by atoms with Crippen LogP contribution in [-0.4, -0.2) is 10.2 Å². The molecule has 0 aliphatic carbocycles. The van der Waals surface area contributed by atoms with Crippen molar-refractivity contribution in [3.63, 3.8) is 0 Å². The monoisotopic (exact) mass is 310 g/mol. The highest BCUT2D eigenvalue weighted by molar-refractivity contribution is 6.31. The first-order chi connectivity index (χ1) is 10.6. The zero-order valence-corrected chi connectivity index (χ0v) is 12.5. The van der Waals surface area contributed by atoms with Crippen molar-refractivity contribution in [2.45, 2.75) is 5.92 Å². The zero-order valence-electron chi connectivity index (χ0n) is 11.8. The van der Waals surface area contributed by atoms with Gasteiger partial charge in [0.2, 0.25) is 0 Å². The SMILES string of the molecule is Oc1ccc(C(c2ccc(O)cc2)c2ccccc2Cl)cc1. The van der Waals surface area contributed by atoms with Gasteiger partial charge in [-0.05, 0) is 47.0 Å². The molecule has 2 N–H and O–H groups in total. The second-order valence-electron chi connectivity index (χ2n) is 5.14. The molecule has 0 saturated heterocycles. The largest absolute Gasteiger partial charge is 0.508 e. The van der Waals surface area contributed by atoms with E-state index in [1.807, 2.05) is 48.5 Å². The Labute approximate surface area is 134 Å². The molecule has 3 aromatic rings. The molecule has 0 amide bonds. The maximum atomic E-state index is 9.51. The lowest BCUT2D eigenvalue weighted by atomic mass is 9.85. The molecule has 3 heteroatoms. The number of hydrogen-bond acceptors (Lipinski definition) is 2. The predicted octanol–water partition coefficient (Wildman–Crippen LogP) is 4.93. The van der Waals surface area contributed by atoms with Gasteiger partial charge in [0, 0.05) is 10.9 Å². The fraction of sp³-hybridized carbons (Fsp3) is 0.0526. The second-order valence-corrected chi connectivity index (χ2v) is 5.54. The van der Waals surface area contributed by atoms with Gasteiger partial charge in [-0.3, -0.25) is 0 Å². The van der Waals surface area contributed by atoms with Gasteiger partial charge < -0.3 is 10.2 Å². The molecule has 0 radical (unpaired) electrons. The van der Waals surface area contributed by atoms with Gasteiger partial charge in [0.1, 0.15) is 11.5 Å². The van der Waals surface area contributed by atoms with Crippen LogP contribution in [0.2, 0.25) is 5.02 Å². The van der Waals surface area contributed by atoms with Crippen LogP contribution < -0.4 is 0 Å². The Morgan fingerprint density at radius 2 is 1.09 bits per heavy atom. The van der Waals surface area contributed by atoms with Crippen LogP contribution in [0.4, 0.5) is 0 Å². The van der Waals surface area contributed by atoms with Crippen LogP contribution in [0.25, 0.3) is 0 Å². The minimum atomic E-state index is -0.0603. The van der Waals surface area contributed by atoms with E-state index in [1.54, 1.807) is 24.3 Å². The Morgan fingerprint density at radius 3 is 1.55 bits per heavy atom. The Morgan fingerprint density at radius 1 is 0.636 bits per heavy atom. The third-order valence-corrected chi connectivity index (χ3v) is 4.01. The van der Waals surface area contributed by atoms with Crippen LogP contribution in [0.5, 0.6) is 11.5 Å². The number of aromatic hydroxyl groups is 2. The second kappa shape index (κ2) is 6.12. The van der Waals surface area contributed by atoms with Crippen LogP contribution in [0.15, 0.2) is 72.8 Å². The van der Waals surface area contributed by atoms with E-state index in [9.17, 15) is 10.2 Å². The fourth-order valence-electron chi connectivity index (χ4n) is 2.59. The van der Waals surface area contributed by atoms with E-state index in [4.69, 9.17) is 11.6 Å². The smallest absolute Gasteiger partial charge is 0.115 e. The lowest BCUT2D eigenvalue weighted by molar-refractivity contribution is 0.475. The zero-order chi connectivity index (χ0) is 15.5. The highest BCUT2D eigenvalue weighted by Crippen LogP contribution is 2.36. The summed E-state index contributed by atoms with van der Waals surface area (Å²) in [5.74, 6) is 0.398. The molecule has 0 unspecified atom stereocenters. The van der Waals surface area contributed by atoms with Gasteiger partial charge in [-0.2, -0.15) is 0 Å². The standard InChI is InChI=1S/C19H15ClO2/c20-18-4-2-1-3-17(18)19(13-5-9-15(21)10-6-13)14-7-11-16(22)12-8-14/h1-12,19,21-22H. The molecular formula is C19H15ClO2. The summed E-state index contributed by atoms with van der Waals surface area (Å²) in [5, 5.41) is 19.7. The Balaban J connectivity index is 2.16. The van der Waals surface area contributed by atoms with Crippen LogP contribution in [-0.2, 0) is 0 Å². The summed E-state index contributed by atoms with van der Waals surface area (Å²) in [6.07, 6.45) is 0. The van der Waals surface area contributed by atoms with Crippen LogP contribution in [0.1, 0.15) is 22.6 Å². The molecule has 0 fully saturated rings. The normalized spacial score (nSPS) is 10.8. The highest BCUT2D eigenvalue weighted by Gasteiger charge is 2.19. The lowest BCUT2D eigenvalue weighted by Gasteiger charge is -2.20. The number of benzene rings is 3. The van der Waals surface area contributed by atoms with E-state index < -0.39 is 0 Å². The third kappa shape index (κ3) is 2.92. The lowest BCUT2D eigenvalue weighted by Crippen LogP contribution is -2.03. The summed E-state index contributed by atoms with van der Waals surface area (Å²) >= 11 is 6.38. The molecule has 0 aliphatic rings. The van der Waals surface area contributed by atoms with Gasteiger partial charge in [0.05, 0.1) is 0 Å². The van der Waals surface area contributed by atoms with E-state index >= 15 is 0 Å². The number of rotatable bonds is 3. The summed E-state index contributed by atoms with van der Waals surface area (Å²) in [5.41, 5.74) is 3.04. The van der Waals surface area contributed by atoms with E-state index in [2.05, 4.69) is 0 Å². The molecule has 0 bridgehead atoms. The number of phenols is 2. The van der Waals surface area contributed by atoms with Crippen molar-refractivity contribution in [1.82, 2.24) is 0 Å². The first kappa shape index (κ1) is 14.5. The van der Waals surface area contributed by atoms with E-state index in [-0.39, 0.29) is 17.4 Å². The highest BCUT2D eigenvalue weighted by atomic mass is 35.5. The predicted molar refractivity (Wildman–Crippen MR) is 88.6 cm³/mol. The summed E-state index contributed by atoms with van der Waals surface area (Å²) in [7, 11) is 0. The van der Waals surface area contributed by atoms with E-state index in [0.717, 1.165) is 16.7 Å². The minimum absolute atomic E-state index is 0.0603. The van der Waals surface area contributed by atoms with Crippen LogP contribution >= 0.6 is 11.6 Å². The molecule has 3 aromatic carbocycles.